The van der Waals surface area contributed by atoms with Crippen LogP contribution in [0.2, 0.25) is 5.28 Å². The van der Waals surface area contributed by atoms with Crippen molar-refractivity contribution in [1.82, 2.24) is 19.5 Å². The zero-order chi connectivity index (χ0) is 21.9. The van der Waals surface area contributed by atoms with Gasteiger partial charge in [-0.15, -0.1) is 6.58 Å². The number of imidazole rings is 1. The largest absolute Gasteiger partial charge is 0.480 e. The van der Waals surface area contributed by atoms with Crippen LogP contribution in [0.1, 0.15) is 6.42 Å². The van der Waals surface area contributed by atoms with Crippen LogP contribution in [0.15, 0.2) is 19.0 Å². The number of aromatic nitrogens is 4. The molecule has 1 aliphatic rings. The average Bonchev–Trinajstić information content (AvgIpc) is 3.26. The number of carboxylic acid groups (broad SMARTS) is 1. The average molecular weight is 459 g/mol. The van der Waals surface area contributed by atoms with Crippen LogP contribution in [0, 0.1) is 0 Å². The molecule has 4 unspecified atom stereocenters. The first kappa shape index (κ1) is 22.7. The SMILES string of the molecule is C=CCNc1nc(Cl)nc2c1ncn2C1(CSCCC(N)C(=O)O)OCC(O)C1O. The van der Waals surface area contributed by atoms with E-state index in [4.69, 9.17) is 27.2 Å². The summed E-state index contributed by atoms with van der Waals surface area (Å²) in [7, 11) is 0. The number of halogens is 1. The monoisotopic (exact) mass is 458 g/mol. The maximum Gasteiger partial charge on any atom is 0.320 e. The molecule has 0 spiro atoms. The fourth-order valence-electron chi connectivity index (χ4n) is 3.11. The van der Waals surface area contributed by atoms with Crippen molar-refractivity contribution in [2.75, 3.05) is 30.0 Å². The molecule has 13 heteroatoms. The second-order valence-electron chi connectivity index (χ2n) is 6.75. The van der Waals surface area contributed by atoms with Crippen molar-refractivity contribution >= 4 is 46.3 Å². The fourth-order valence-corrected chi connectivity index (χ4v) is 4.53. The van der Waals surface area contributed by atoms with Crippen molar-refractivity contribution in [3.05, 3.63) is 24.3 Å². The Morgan fingerprint density at radius 3 is 2.97 bits per heavy atom. The minimum atomic E-state index is -1.38. The third-order valence-electron chi connectivity index (χ3n) is 4.72. The normalized spacial score (nSPS) is 24.8. The molecule has 0 amide bonds. The number of nitrogens with zero attached hydrogens (tertiary/aromatic N) is 4. The van der Waals surface area contributed by atoms with Crippen molar-refractivity contribution in [1.29, 1.82) is 0 Å². The molecule has 30 heavy (non-hydrogen) atoms. The molecule has 3 rings (SSSR count). The summed E-state index contributed by atoms with van der Waals surface area (Å²) in [5.74, 6) is -0.0769. The van der Waals surface area contributed by atoms with Crippen LogP contribution in [-0.2, 0) is 15.3 Å². The smallest absolute Gasteiger partial charge is 0.320 e. The summed E-state index contributed by atoms with van der Waals surface area (Å²) in [6.45, 7) is 3.99. The number of aliphatic hydroxyl groups is 2. The molecule has 1 fully saturated rings. The predicted octanol–water partition coefficient (Wildman–Crippen LogP) is 0.0176. The number of hydrogen-bond donors (Lipinski definition) is 5. The van der Waals surface area contributed by atoms with E-state index in [0.29, 0.717) is 29.3 Å². The van der Waals surface area contributed by atoms with Crippen LogP contribution in [0.5, 0.6) is 0 Å². The topological polar surface area (TPSA) is 169 Å². The van der Waals surface area contributed by atoms with Crippen molar-refractivity contribution in [2.45, 2.75) is 30.4 Å². The van der Waals surface area contributed by atoms with Crippen molar-refractivity contribution < 1.29 is 24.9 Å². The molecule has 11 nitrogen and oxygen atoms in total. The Balaban J connectivity index is 1.93. The molecule has 164 valence electrons. The third kappa shape index (κ3) is 4.38. The van der Waals surface area contributed by atoms with Crippen molar-refractivity contribution in [2.24, 2.45) is 5.73 Å². The summed E-state index contributed by atoms with van der Waals surface area (Å²) >= 11 is 7.42. The number of aliphatic carboxylic acids is 1. The second kappa shape index (κ2) is 9.45. The summed E-state index contributed by atoms with van der Waals surface area (Å²) in [6.07, 6.45) is 0.954. The van der Waals surface area contributed by atoms with Gasteiger partial charge in [-0.2, -0.15) is 21.7 Å². The molecule has 0 radical (unpaired) electrons. The van der Waals surface area contributed by atoms with E-state index in [1.165, 1.54) is 22.7 Å². The van der Waals surface area contributed by atoms with Gasteiger partial charge in [0.25, 0.3) is 0 Å². The maximum atomic E-state index is 10.9. The quantitative estimate of drug-likeness (QED) is 0.185. The molecule has 4 atom stereocenters. The van der Waals surface area contributed by atoms with E-state index >= 15 is 0 Å². The molecular weight excluding hydrogens is 436 g/mol. The number of ether oxygens (including phenoxy) is 1. The first-order valence-corrected chi connectivity index (χ1v) is 10.7. The molecule has 0 aliphatic carbocycles. The van der Waals surface area contributed by atoms with Gasteiger partial charge < -0.3 is 31.1 Å². The number of nitrogens with two attached hydrogens (primary N) is 1. The standard InChI is InChI=1S/C17H23ClN6O5S/c1-2-4-20-13-11-14(23-16(18)22-13)24(8-21-11)17(12(26)10(25)6-29-17)7-30-5-3-9(19)15(27)28/h2,8-10,12,25-26H,1,3-7,19H2,(H,27,28)(H,20,22,23). The Kier molecular flexibility index (Phi) is 7.16. The first-order chi connectivity index (χ1) is 14.3. The number of rotatable bonds is 10. The van der Waals surface area contributed by atoms with Crippen LogP contribution in [-0.4, -0.2) is 83.7 Å². The van der Waals surface area contributed by atoms with Gasteiger partial charge in [0.2, 0.25) is 5.28 Å². The van der Waals surface area contributed by atoms with Crippen LogP contribution in [0.3, 0.4) is 0 Å². The van der Waals surface area contributed by atoms with Crippen LogP contribution < -0.4 is 11.1 Å². The minimum Gasteiger partial charge on any atom is -0.480 e. The molecule has 0 aromatic carbocycles. The molecule has 0 bridgehead atoms. The van der Waals surface area contributed by atoms with E-state index in [0.717, 1.165) is 0 Å². The van der Waals surface area contributed by atoms with E-state index in [9.17, 15) is 15.0 Å². The molecule has 1 aliphatic heterocycles. The van der Waals surface area contributed by atoms with Gasteiger partial charge in [-0.3, -0.25) is 9.36 Å². The van der Waals surface area contributed by atoms with Crippen molar-refractivity contribution in [3.8, 4) is 0 Å². The van der Waals surface area contributed by atoms with Gasteiger partial charge >= 0.3 is 5.97 Å². The Bertz CT molecular complexity index is 929. The number of carbonyl (C=O) groups is 1. The first-order valence-electron chi connectivity index (χ1n) is 9.12. The van der Waals surface area contributed by atoms with Gasteiger partial charge in [0.15, 0.2) is 22.7 Å². The highest BCUT2D eigenvalue weighted by Gasteiger charge is 2.51. The Labute approximate surface area is 181 Å². The lowest BCUT2D eigenvalue weighted by Gasteiger charge is -2.33. The molecule has 6 N–H and O–H groups in total. The zero-order valence-corrected chi connectivity index (χ0v) is 17.5. The lowest BCUT2D eigenvalue weighted by atomic mass is 10.1. The number of carboxylic acids is 1. The maximum absolute atomic E-state index is 10.9. The predicted molar refractivity (Wildman–Crippen MR) is 113 cm³/mol. The lowest BCUT2D eigenvalue weighted by Crippen LogP contribution is -2.47. The van der Waals surface area contributed by atoms with E-state index in [2.05, 4.69) is 26.8 Å². The fraction of sp³-hybridized carbons (Fsp3) is 0.529. The van der Waals surface area contributed by atoms with Gasteiger partial charge in [0.1, 0.15) is 18.2 Å². The lowest BCUT2D eigenvalue weighted by molar-refractivity contribution is -0.138. The Morgan fingerprint density at radius 2 is 2.33 bits per heavy atom. The van der Waals surface area contributed by atoms with E-state index in [-0.39, 0.29) is 24.1 Å². The van der Waals surface area contributed by atoms with Crippen LogP contribution in [0.25, 0.3) is 11.2 Å². The highest BCUT2D eigenvalue weighted by atomic mass is 35.5. The van der Waals surface area contributed by atoms with Gasteiger partial charge in [0, 0.05) is 12.3 Å². The van der Waals surface area contributed by atoms with Gasteiger partial charge in [-0.05, 0) is 23.8 Å². The number of aliphatic hydroxyl groups excluding tert-OH is 2. The van der Waals surface area contributed by atoms with Crippen LogP contribution in [0.4, 0.5) is 5.82 Å². The highest BCUT2D eigenvalue weighted by Crippen LogP contribution is 2.38. The van der Waals surface area contributed by atoms with Crippen LogP contribution >= 0.6 is 23.4 Å². The molecule has 2 aromatic heterocycles. The molecule has 0 saturated carbocycles. The molecule has 3 heterocycles. The Morgan fingerprint density at radius 1 is 1.57 bits per heavy atom. The summed E-state index contributed by atoms with van der Waals surface area (Å²) < 4.78 is 7.38. The molecular formula is C17H23ClN6O5S. The van der Waals surface area contributed by atoms with E-state index < -0.39 is 29.9 Å². The number of nitrogens with one attached hydrogen (secondary N) is 1. The number of anilines is 1. The summed E-state index contributed by atoms with van der Waals surface area (Å²) in [5.41, 5.74) is 4.90. The number of thioether (sulfide) groups is 1. The zero-order valence-electron chi connectivity index (χ0n) is 15.9. The highest BCUT2D eigenvalue weighted by molar-refractivity contribution is 7.99. The molecule has 2 aromatic rings. The number of fused-ring (bicyclic) bond motifs is 1. The summed E-state index contributed by atoms with van der Waals surface area (Å²) in [4.78, 5) is 23.6. The second-order valence-corrected chi connectivity index (χ2v) is 8.19. The number of hydrogen-bond acceptors (Lipinski definition) is 10. The van der Waals surface area contributed by atoms with Gasteiger partial charge in [-0.1, -0.05) is 6.08 Å². The van der Waals surface area contributed by atoms with E-state index in [1.807, 2.05) is 0 Å². The van der Waals surface area contributed by atoms with E-state index in [1.54, 1.807) is 6.08 Å². The summed E-state index contributed by atoms with van der Waals surface area (Å²) in [5, 5.41) is 32.8. The summed E-state index contributed by atoms with van der Waals surface area (Å²) in [6, 6.07) is -0.979. The third-order valence-corrected chi connectivity index (χ3v) is 6.03. The molecule has 1 saturated heterocycles. The van der Waals surface area contributed by atoms with Gasteiger partial charge in [-0.25, -0.2) is 4.98 Å². The Hall–Kier alpha value is -1.96. The van der Waals surface area contributed by atoms with Crippen molar-refractivity contribution in [3.63, 3.8) is 0 Å². The van der Waals surface area contributed by atoms with Gasteiger partial charge in [0.05, 0.1) is 12.9 Å². The minimum absolute atomic E-state index is 0.0286.